The van der Waals surface area contributed by atoms with Crippen LogP contribution in [0.3, 0.4) is 0 Å². The van der Waals surface area contributed by atoms with Gasteiger partial charge in [0.25, 0.3) is 0 Å². The van der Waals surface area contributed by atoms with E-state index in [2.05, 4.69) is 44.1 Å². The largest absolute Gasteiger partial charge is 0.383 e. The summed E-state index contributed by atoms with van der Waals surface area (Å²) in [6.45, 7) is 2.30. The molecule has 0 amide bonds. The summed E-state index contributed by atoms with van der Waals surface area (Å²) in [6.07, 6.45) is 4.39. The van der Waals surface area contributed by atoms with Gasteiger partial charge in [0, 0.05) is 30.5 Å². The van der Waals surface area contributed by atoms with E-state index in [0.29, 0.717) is 11.6 Å². The minimum Gasteiger partial charge on any atom is -0.383 e. The Labute approximate surface area is 122 Å². The van der Waals surface area contributed by atoms with Gasteiger partial charge in [-0.2, -0.15) is 0 Å². The molecule has 0 unspecified atom stereocenters. The molecule has 21 heavy (non-hydrogen) atoms. The smallest absolute Gasteiger partial charge is 0.163 e. The number of benzene rings is 1. The molecule has 0 bridgehead atoms. The average Bonchev–Trinajstić information content (AvgIpc) is 3.19. The molecule has 106 valence electrons. The summed E-state index contributed by atoms with van der Waals surface area (Å²) in [5.74, 6) is 1.18. The summed E-state index contributed by atoms with van der Waals surface area (Å²) in [5.41, 5.74) is 9.02. The van der Waals surface area contributed by atoms with Crippen molar-refractivity contribution in [3.05, 3.63) is 36.5 Å². The molecule has 3 N–H and O–H groups in total. The minimum absolute atomic E-state index is 0.514. The molecular weight excluding hydrogens is 262 g/mol. The zero-order valence-electron chi connectivity index (χ0n) is 11.7. The highest BCUT2D eigenvalue weighted by molar-refractivity contribution is 5.87. The standard InChI is InChI=1S/C16H17N5/c17-14-13-7-8-18-16(13)20-15(19-14)11-3-5-12(6-4-11)21-9-1-2-10-21/h3-8H,1-2,9-10H2,(H3,17,18,19,20). The van der Waals surface area contributed by atoms with E-state index in [1.807, 2.05) is 12.3 Å². The van der Waals surface area contributed by atoms with Crippen LogP contribution in [-0.4, -0.2) is 28.0 Å². The van der Waals surface area contributed by atoms with Crippen molar-refractivity contribution in [1.82, 2.24) is 15.0 Å². The van der Waals surface area contributed by atoms with Crippen LogP contribution >= 0.6 is 0 Å². The number of nitrogens with one attached hydrogen (secondary N) is 1. The monoisotopic (exact) mass is 279 g/mol. The van der Waals surface area contributed by atoms with Crippen molar-refractivity contribution >= 4 is 22.5 Å². The second-order valence-electron chi connectivity index (χ2n) is 5.41. The molecule has 5 nitrogen and oxygen atoms in total. The van der Waals surface area contributed by atoms with Crippen LogP contribution < -0.4 is 10.6 Å². The maximum absolute atomic E-state index is 5.99. The molecule has 0 saturated carbocycles. The van der Waals surface area contributed by atoms with Crippen LogP contribution in [0.1, 0.15) is 12.8 Å². The van der Waals surface area contributed by atoms with Gasteiger partial charge in [0.15, 0.2) is 5.82 Å². The first-order chi connectivity index (χ1) is 10.3. The minimum atomic E-state index is 0.514. The third-order valence-electron chi connectivity index (χ3n) is 4.04. The van der Waals surface area contributed by atoms with Crippen molar-refractivity contribution in [1.29, 1.82) is 0 Å². The molecule has 4 rings (SSSR count). The number of H-pyrrole nitrogens is 1. The van der Waals surface area contributed by atoms with E-state index in [-0.39, 0.29) is 0 Å². The number of nitrogens with two attached hydrogens (primary N) is 1. The van der Waals surface area contributed by atoms with Gasteiger partial charge in [0.2, 0.25) is 0 Å². The second-order valence-corrected chi connectivity index (χ2v) is 5.41. The number of anilines is 2. The highest BCUT2D eigenvalue weighted by Gasteiger charge is 2.13. The van der Waals surface area contributed by atoms with Crippen LogP contribution in [0.5, 0.6) is 0 Å². The van der Waals surface area contributed by atoms with Crippen molar-refractivity contribution in [2.24, 2.45) is 0 Å². The van der Waals surface area contributed by atoms with Crippen LogP contribution in [0.25, 0.3) is 22.4 Å². The first-order valence-electron chi connectivity index (χ1n) is 7.27. The van der Waals surface area contributed by atoms with Gasteiger partial charge in [-0.3, -0.25) is 0 Å². The van der Waals surface area contributed by atoms with E-state index in [4.69, 9.17) is 5.73 Å². The second kappa shape index (κ2) is 4.77. The van der Waals surface area contributed by atoms with Crippen LogP contribution in [-0.2, 0) is 0 Å². The van der Waals surface area contributed by atoms with E-state index in [1.165, 1.54) is 18.5 Å². The molecule has 0 aliphatic carbocycles. The van der Waals surface area contributed by atoms with Gasteiger partial charge in [0.05, 0.1) is 5.39 Å². The maximum Gasteiger partial charge on any atom is 0.163 e. The van der Waals surface area contributed by atoms with Crippen molar-refractivity contribution in [2.45, 2.75) is 12.8 Å². The third kappa shape index (κ3) is 2.11. The quantitative estimate of drug-likeness (QED) is 0.756. The Kier molecular flexibility index (Phi) is 2.77. The number of hydrogen-bond acceptors (Lipinski definition) is 4. The van der Waals surface area contributed by atoms with Gasteiger partial charge in [-0.1, -0.05) is 0 Å². The zero-order chi connectivity index (χ0) is 14.2. The van der Waals surface area contributed by atoms with Gasteiger partial charge in [0.1, 0.15) is 11.5 Å². The van der Waals surface area contributed by atoms with Gasteiger partial charge in [-0.15, -0.1) is 0 Å². The fourth-order valence-corrected chi connectivity index (χ4v) is 2.89. The third-order valence-corrected chi connectivity index (χ3v) is 4.04. The van der Waals surface area contributed by atoms with Crippen LogP contribution in [0.4, 0.5) is 11.5 Å². The molecule has 0 spiro atoms. The number of nitrogens with zero attached hydrogens (tertiary/aromatic N) is 3. The van der Waals surface area contributed by atoms with E-state index < -0.39 is 0 Å². The lowest BCUT2D eigenvalue weighted by atomic mass is 10.2. The topological polar surface area (TPSA) is 70.8 Å². The summed E-state index contributed by atoms with van der Waals surface area (Å²) in [7, 11) is 0. The maximum atomic E-state index is 5.99. The Bertz CT molecular complexity index is 769. The van der Waals surface area contributed by atoms with Gasteiger partial charge in [-0.25, -0.2) is 9.97 Å². The van der Waals surface area contributed by atoms with Crippen molar-refractivity contribution in [3.8, 4) is 11.4 Å². The number of rotatable bonds is 2. The number of fused-ring (bicyclic) bond motifs is 1. The van der Waals surface area contributed by atoms with Crippen LogP contribution in [0, 0.1) is 0 Å². The molecule has 0 atom stereocenters. The molecule has 1 saturated heterocycles. The fourth-order valence-electron chi connectivity index (χ4n) is 2.89. The number of hydrogen-bond donors (Lipinski definition) is 2. The van der Waals surface area contributed by atoms with Crippen LogP contribution in [0.2, 0.25) is 0 Å². The molecule has 5 heteroatoms. The fraction of sp³-hybridized carbons (Fsp3) is 0.250. The summed E-state index contributed by atoms with van der Waals surface area (Å²) in [5, 5.41) is 0.868. The first kappa shape index (κ1) is 12.2. The van der Waals surface area contributed by atoms with Gasteiger partial charge < -0.3 is 15.6 Å². The molecule has 1 aromatic carbocycles. The number of nitrogen functional groups attached to an aromatic ring is 1. The zero-order valence-corrected chi connectivity index (χ0v) is 11.7. The summed E-state index contributed by atoms with van der Waals surface area (Å²) in [4.78, 5) is 14.4. The summed E-state index contributed by atoms with van der Waals surface area (Å²) >= 11 is 0. The van der Waals surface area contributed by atoms with Gasteiger partial charge >= 0.3 is 0 Å². The van der Waals surface area contributed by atoms with Crippen molar-refractivity contribution < 1.29 is 0 Å². The number of aromatic nitrogens is 3. The first-order valence-corrected chi connectivity index (χ1v) is 7.27. The Hall–Kier alpha value is -2.56. The van der Waals surface area contributed by atoms with E-state index in [1.54, 1.807) is 0 Å². The van der Waals surface area contributed by atoms with Crippen LogP contribution in [0.15, 0.2) is 36.5 Å². The Morgan fingerprint density at radius 2 is 1.76 bits per heavy atom. The van der Waals surface area contributed by atoms with E-state index in [0.717, 1.165) is 29.7 Å². The van der Waals surface area contributed by atoms with Gasteiger partial charge in [-0.05, 0) is 43.2 Å². The molecule has 1 fully saturated rings. The average molecular weight is 279 g/mol. The molecule has 2 aromatic heterocycles. The molecule has 1 aliphatic rings. The molecule has 1 aliphatic heterocycles. The lowest BCUT2D eigenvalue weighted by Crippen LogP contribution is -2.17. The highest BCUT2D eigenvalue weighted by atomic mass is 15.1. The lowest BCUT2D eigenvalue weighted by molar-refractivity contribution is 0.949. The molecule has 3 aromatic rings. The predicted molar refractivity (Wildman–Crippen MR) is 85.2 cm³/mol. The van der Waals surface area contributed by atoms with E-state index >= 15 is 0 Å². The Morgan fingerprint density at radius 1 is 1.00 bits per heavy atom. The molecular formula is C16H17N5. The van der Waals surface area contributed by atoms with Crippen molar-refractivity contribution in [2.75, 3.05) is 23.7 Å². The normalized spacial score (nSPS) is 15.0. The van der Waals surface area contributed by atoms with Crippen molar-refractivity contribution in [3.63, 3.8) is 0 Å². The number of aromatic amines is 1. The predicted octanol–water partition coefficient (Wildman–Crippen LogP) is 2.81. The molecule has 3 heterocycles. The Balaban J connectivity index is 1.70. The summed E-state index contributed by atoms with van der Waals surface area (Å²) in [6, 6.07) is 10.3. The Morgan fingerprint density at radius 3 is 2.52 bits per heavy atom. The molecule has 0 radical (unpaired) electrons. The SMILES string of the molecule is Nc1nc(-c2ccc(N3CCCC3)cc2)nc2[nH]ccc12. The highest BCUT2D eigenvalue weighted by Crippen LogP contribution is 2.26. The lowest BCUT2D eigenvalue weighted by Gasteiger charge is -2.17. The van der Waals surface area contributed by atoms with E-state index in [9.17, 15) is 0 Å². The summed E-state index contributed by atoms with van der Waals surface area (Å²) < 4.78 is 0.